The largest absolute Gasteiger partial charge is 0.390 e. The van der Waals surface area contributed by atoms with Crippen LogP contribution >= 0.6 is 0 Å². The molecule has 0 radical (unpaired) electrons. The van der Waals surface area contributed by atoms with Crippen LogP contribution in [0.5, 0.6) is 0 Å². The van der Waals surface area contributed by atoms with Crippen LogP contribution in [0.1, 0.15) is 25.7 Å². The smallest absolute Gasteiger partial charge is 0.356 e. The Bertz CT molecular complexity index is 296. The standard InChI is InChI=1S/C13H25F3N4/c1-17-12(19-8-6-13(14,15)16)18-7-3-11-4-9-20(2)10-5-11/h11H,3-10H2,1-2H3,(H2,17,18,19). The summed E-state index contributed by atoms with van der Waals surface area (Å²) in [5.41, 5.74) is 0. The number of nitrogens with one attached hydrogen (secondary N) is 2. The van der Waals surface area contributed by atoms with E-state index in [0.717, 1.165) is 26.1 Å². The Morgan fingerprint density at radius 2 is 1.80 bits per heavy atom. The van der Waals surface area contributed by atoms with Gasteiger partial charge < -0.3 is 15.5 Å². The molecule has 1 rings (SSSR count). The Morgan fingerprint density at radius 1 is 1.20 bits per heavy atom. The van der Waals surface area contributed by atoms with Crippen LogP contribution < -0.4 is 10.6 Å². The lowest BCUT2D eigenvalue weighted by Gasteiger charge is -2.29. The lowest BCUT2D eigenvalue weighted by atomic mass is 9.94. The molecule has 1 heterocycles. The molecular formula is C13H25F3N4. The summed E-state index contributed by atoms with van der Waals surface area (Å²) in [7, 11) is 3.69. The Balaban J connectivity index is 2.12. The van der Waals surface area contributed by atoms with Crippen molar-refractivity contribution in [3.8, 4) is 0 Å². The van der Waals surface area contributed by atoms with Crippen molar-refractivity contribution in [3.05, 3.63) is 0 Å². The van der Waals surface area contributed by atoms with Crippen molar-refractivity contribution >= 4 is 5.96 Å². The van der Waals surface area contributed by atoms with E-state index in [4.69, 9.17) is 0 Å². The van der Waals surface area contributed by atoms with Crippen LogP contribution in [0.4, 0.5) is 13.2 Å². The van der Waals surface area contributed by atoms with Crippen molar-refractivity contribution in [1.29, 1.82) is 0 Å². The van der Waals surface area contributed by atoms with Gasteiger partial charge >= 0.3 is 6.18 Å². The van der Waals surface area contributed by atoms with Gasteiger partial charge in [0.1, 0.15) is 0 Å². The zero-order valence-electron chi connectivity index (χ0n) is 12.3. The van der Waals surface area contributed by atoms with Gasteiger partial charge in [-0.15, -0.1) is 0 Å². The molecular weight excluding hydrogens is 269 g/mol. The second-order valence-corrected chi connectivity index (χ2v) is 5.33. The van der Waals surface area contributed by atoms with Crippen LogP contribution in [0, 0.1) is 5.92 Å². The van der Waals surface area contributed by atoms with Crippen LogP contribution in [0.15, 0.2) is 4.99 Å². The zero-order valence-corrected chi connectivity index (χ0v) is 12.3. The van der Waals surface area contributed by atoms with E-state index in [1.54, 1.807) is 7.05 Å². The summed E-state index contributed by atoms with van der Waals surface area (Å²) in [4.78, 5) is 6.24. The molecule has 0 unspecified atom stereocenters. The van der Waals surface area contributed by atoms with Crippen LogP contribution in [0.25, 0.3) is 0 Å². The molecule has 2 N–H and O–H groups in total. The van der Waals surface area contributed by atoms with Crippen molar-refractivity contribution in [2.24, 2.45) is 10.9 Å². The van der Waals surface area contributed by atoms with Gasteiger partial charge in [0.25, 0.3) is 0 Å². The average molecular weight is 294 g/mol. The third-order valence-corrected chi connectivity index (χ3v) is 3.61. The van der Waals surface area contributed by atoms with E-state index in [1.165, 1.54) is 12.8 Å². The second-order valence-electron chi connectivity index (χ2n) is 5.33. The SMILES string of the molecule is CN=C(NCCC1CCN(C)CC1)NCCC(F)(F)F. The highest BCUT2D eigenvalue weighted by molar-refractivity contribution is 5.79. The molecule has 0 aromatic rings. The van der Waals surface area contributed by atoms with Gasteiger partial charge in [-0.05, 0) is 45.3 Å². The predicted molar refractivity (Wildman–Crippen MR) is 74.9 cm³/mol. The number of likely N-dealkylation sites (tertiary alicyclic amines) is 1. The highest BCUT2D eigenvalue weighted by Gasteiger charge is 2.26. The minimum Gasteiger partial charge on any atom is -0.356 e. The minimum absolute atomic E-state index is 0.141. The average Bonchev–Trinajstić information content (AvgIpc) is 2.38. The number of guanidine groups is 1. The lowest BCUT2D eigenvalue weighted by molar-refractivity contribution is -0.132. The van der Waals surface area contributed by atoms with Crippen molar-refractivity contribution in [2.75, 3.05) is 40.3 Å². The topological polar surface area (TPSA) is 39.7 Å². The maximum Gasteiger partial charge on any atom is 0.390 e. The van der Waals surface area contributed by atoms with Gasteiger partial charge in [-0.2, -0.15) is 13.2 Å². The number of hydrogen-bond donors (Lipinski definition) is 2. The van der Waals surface area contributed by atoms with E-state index in [2.05, 4.69) is 27.6 Å². The molecule has 1 saturated heterocycles. The third kappa shape index (κ3) is 7.57. The molecule has 0 atom stereocenters. The summed E-state index contributed by atoms with van der Waals surface area (Å²) >= 11 is 0. The number of nitrogens with zero attached hydrogens (tertiary/aromatic N) is 2. The monoisotopic (exact) mass is 294 g/mol. The summed E-state index contributed by atoms with van der Waals surface area (Å²) in [6.07, 6.45) is -1.55. The molecule has 0 bridgehead atoms. The quantitative estimate of drug-likeness (QED) is 0.600. The number of halogens is 3. The molecule has 0 aromatic heterocycles. The zero-order chi connectivity index (χ0) is 15.0. The van der Waals surface area contributed by atoms with Crippen molar-refractivity contribution in [3.63, 3.8) is 0 Å². The molecule has 7 heteroatoms. The lowest BCUT2D eigenvalue weighted by Crippen LogP contribution is -2.40. The van der Waals surface area contributed by atoms with Crippen molar-refractivity contribution in [1.82, 2.24) is 15.5 Å². The van der Waals surface area contributed by atoms with E-state index >= 15 is 0 Å². The molecule has 0 spiro atoms. The number of hydrogen-bond acceptors (Lipinski definition) is 2. The molecule has 118 valence electrons. The number of alkyl halides is 3. The first-order valence-corrected chi connectivity index (χ1v) is 7.10. The highest BCUT2D eigenvalue weighted by atomic mass is 19.4. The molecule has 0 aromatic carbocycles. The van der Waals surface area contributed by atoms with Crippen molar-refractivity contribution < 1.29 is 13.2 Å². The van der Waals surface area contributed by atoms with Crippen LogP contribution in [0.2, 0.25) is 0 Å². The Morgan fingerprint density at radius 3 is 2.35 bits per heavy atom. The fraction of sp³-hybridized carbons (Fsp3) is 0.923. The molecule has 1 aliphatic heterocycles. The summed E-state index contributed by atoms with van der Waals surface area (Å²) in [6.45, 7) is 2.86. The normalized spacial score (nSPS) is 19.1. The summed E-state index contributed by atoms with van der Waals surface area (Å²) in [6, 6.07) is 0. The van der Waals surface area contributed by atoms with E-state index in [-0.39, 0.29) is 6.54 Å². The minimum atomic E-state index is -4.13. The van der Waals surface area contributed by atoms with Crippen LogP contribution in [0.3, 0.4) is 0 Å². The third-order valence-electron chi connectivity index (χ3n) is 3.61. The van der Waals surface area contributed by atoms with Gasteiger partial charge in [0.15, 0.2) is 5.96 Å². The summed E-state index contributed by atoms with van der Waals surface area (Å²) < 4.78 is 36.1. The highest BCUT2D eigenvalue weighted by Crippen LogP contribution is 2.19. The Hall–Kier alpha value is -0.980. The molecule has 1 aliphatic rings. The van der Waals surface area contributed by atoms with E-state index < -0.39 is 12.6 Å². The first kappa shape index (κ1) is 17.1. The Labute approximate surface area is 118 Å². The fourth-order valence-corrected chi connectivity index (χ4v) is 2.29. The summed E-state index contributed by atoms with van der Waals surface area (Å²) in [5.74, 6) is 1.15. The molecule has 0 aliphatic carbocycles. The van der Waals surface area contributed by atoms with Crippen LogP contribution in [-0.4, -0.2) is 57.3 Å². The molecule has 20 heavy (non-hydrogen) atoms. The Kier molecular flexibility index (Phi) is 7.12. The molecule has 4 nitrogen and oxygen atoms in total. The number of aliphatic imine (C=N–C) groups is 1. The number of rotatable bonds is 5. The van der Waals surface area contributed by atoms with Gasteiger partial charge in [-0.25, -0.2) is 0 Å². The molecule has 0 saturated carbocycles. The van der Waals surface area contributed by atoms with E-state index in [0.29, 0.717) is 11.9 Å². The summed E-state index contributed by atoms with van der Waals surface area (Å²) in [5, 5.41) is 5.75. The van der Waals surface area contributed by atoms with Gasteiger partial charge in [-0.3, -0.25) is 4.99 Å². The second kappa shape index (κ2) is 8.34. The van der Waals surface area contributed by atoms with E-state index in [1.807, 2.05) is 0 Å². The van der Waals surface area contributed by atoms with Gasteiger partial charge in [0, 0.05) is 20.1 Å². The first-order chi connectivity index (χ1) is 9.40. The van der Waals surface area contributed by atoms with Gasteiger partial charge in [0.05, 0.1) is 6.42 Å². The molecule has 0 amide bonds. The maximum atomic E-state index is 12.0. The van der Waals surface area contributed by atoms with Crippen molar-refractivity contribution in [2.45, 2.75) is 31.9 Å². The van der Waals surface area contributed by atoms with E-state index in [9.17, 15) is 13.2 Å². The van der Waals surface area contributed by atoms with Gasteiger partial charge in [-0.1, -0.05) is 0 Å². The molecule has 1 fully saturated rings. The predicted octanol–water partition coefficient (Wildman–Crippen LogP) is 1.84. The maximum absolute atomic E-state index is 12.0. The number of piperidine rings is 1. The fourth-order valence-electron chi connectivity index (χ4n) is 2.29. The van der Waals surface area contributed by atoms with Gasteiger partial charge in [0.2, 0.25) is 0 Å². The van der Waals surface area contributed by atoms with Crippen LogP contribution in [-0.2, 0) is 0 Å². The first-order valence-electron chi connectivity index (χ1n) is 7.10.